The van der Waals surface area contributed by atoms with Gasteiger partial charge in [0.05, 0.1) is 6.34 Å². The van der Waals surface area contributed by atoms with Crippen LogP contribution in [0.2, 0.25) is 0 Å². The van der Waals surface area contributed by atoms with Crippen molar-refractivity contribution < 1.29 is 4.79 Å². The van der Waals surface area contributed by atoms with Crippen LogP contribution in [0.5, 0.6) is 0 Å². The van der Waals surface area contributed by atoms with Crippen LogP contribution in [0.3, 0.4) is 0 Å². The Morgan fingerprint density at radius 1 is 1.27 bits per heavy atom. The largest absolute Gasteiger partial charge is 0.363 e. The number of nitrogens with zero attached hydrogens (tertiary/aromatic N) is 2. The summed E-state index contributed by atoms with van der Waals surface area (Å²) < 4.78 is 0. The number of aliphatic imine (C=N–C) groups is 1. The molecule has 0 unspecified atom stereocenters. The summed E-state index contributed by atoms with van der Waals surface area (Å²) >= 11 is 0. The number of rotatable bonds is 4. The second-order valence-corrected chi connectivity index (χ2v) is 3.14. The number of carbonyl (C=O) groups is 1. The Hall–Kier alpha value is -1.64. The average Bonchev–Trinajstić information content (AvgIpc) is 2.31. The van der Waals surface area contributed by atoms with Crippen molar-refractivity contribution in [2.75, 3.05) is 13.1 Å². The van der Waals surface area contributed by atoms with Crippen molar-refractivity contribution >= 4 is 12.2 Å². The van der Waals surface area contributed by atoms with Crippen LogP contribution in [0.15, 0.2) is 35.3 Å². The van der Waals surface area contributed by atoms with E-state index in [-0.39, 0.29) is 5.91 Å². The van der Waals surface area contributed by atoms with E-state index in [1.54, 1.807) is 18.5 Å². The van der Waals surface area contributed by atoms with Crippen molar-refractivity contribution in [3.05, 3.63) is 35.9 Å². The predicted octanol–water partition coefficient (Wildman–Crippen LogP) is 2.20. The lowest BCUT2D eigenvalue weighted by molar-refractivity contribution is 0.100. The summed E-state index contributed by atoms with van der Waals surface area (Å²) in [7, 11) is 0. The highest BCUT2D eigenvalue weighted by Crippen LogP contribution is 2.00. The fourth-order valence-electron chi connectivity index (χ4n) is 1.18. The zero-order valence-electron chi connectivity index (χ0n) is 9.18. The second kappa shape index (κ2) is 5.96. The molecular formula is C12H16N2O. The van der Waals surface area contributed by atoms with E-state index in [0.717, 1.165) is 13.1 Å². The first-order valence-corrected chi connectivity index (χ1v) is 5.15. The highest BCUT2D eigenvalue weighted by atomic mass is 16.1. The Labute approximate surface area is 90.4 Å². The van der Waals surface area contributed by atoms with Crippen molar-refractivity contribution in [2.45, 2.75) is 13.8 Å². The molecule has 0 fully saturated rings. The smallest absolute Gasteiger partial charge is 0.278 e. The van der Waals surface area contributed by atoms with E-state index in [0.29, 0.717) is 5.56 Å². The summed E-state index contributed by atoms with van der Waals surface area (Å²) in [5.41, 5.74) is 0.626. The summed E-state index contributed by atoms with van der Waals surface area (Å²) in [6, 6.07) is 9.08. The Morgan fingerprint density at radius 2 is 1.87 bits per heavy atom. The van der Waals surface area contributed by atoms with Gasteiger partial charge in [-0.2, -0.15) is 4.99 Å². The number of benzene rings is 1. The number of amides is 1. The molecule has 0 heterocycles. The molecule has 1 aromatic rings. The lowest BCUT2D eigenvalue weighted by atomic mass is 10.2. The van der Waals surface area contributed by atoms with Crippen LogP contribution in [0.4, 0.5) is 0 Å². The van der Waals surface area contributed by atoms with Crippen molar-refractivity contribution in [3.63, 3.8) is 0 Å². The molecule has 80 valence electrons. The molecule has 0 saturated carbocycles. The molecule has 0 aliphatic carbocycles. The fourth-order valence-corrected chi connectivity index (χ4v) is 1.18. The van der Waals surface area contributed by atoms with Crippen LogP contribution in [0.1, 0.15) is 24.2 Å². The Balaban J connectivity index is 2.63. The molecule has 15 heavy (non-hydrogen) atoms. The molecular weight excluding hydrogens is 188 g/mol. The van der Waals surface area contributed by atoms with Crippen molar-refractivity contribution in [2.24, 2.45) is 4.99 Å². The SMILES string of the molecule is CCN(C=NC(=O)c1ccccc1)CC. The molecule has 0 atom stereocenters. The first-order valence-electron chi connectivity index (χ1n) is 5.15. The van der Waals surface area contributed by atoms with Gasteiger partial charge in [-0.1, -0.05) is 18.2 Å². The summed E-state index contributed by atoms with van der Waals surface area (Å²) in [6.45, 7) is 5.79. The number of carbonyl (C=O) groups excluding carboxylic acids is 1. The summed E-state index contributed by atoms with van der Waals surface area (Å²) in [5, 5.41) is 0. The van der Waals surface area contributed by atoms with Gasteiger partial charge in [0.25, 0.3) is 5.91 Å². The topological polar surface area (TPSA) is 32.7 Å². The highest BCUT2D eigenvalue weighted by Gasteiger charge is 2.01. The van der Waals surface area contributed by atoms with E-state index in [4.69, 9.17) is 0 Å². The lowest BCUT2D eigenvalue weighted by Crippen LogP contribution is -2.21. The molecule has 0 saturated heterocycles. The van der Waals surface area contributed by atoms with Gasteiger partial charge in [0.2, 0.25) is 0 Å². The molecule has 0 aliphatic rings. The lowest BCUT2D eigenvalue weighted by Gasteiger charge is -2.12. The third-order valence-electron chi connectivity index (χ3n) is 2.17. The average molecular weight is 204 g/mol. The van der Waals surface area contributed by atoms with Crippen LogP contribution in [0, 0.1) is 0 Å². The normalized spacial score (nSPS) is 10.5. The standard InChI is InChI=1S/C12H16N2O/c1-3-14(4-2)10-13-12(15)11-8-6-5-7-9-11/h5-10H,3-4H2,1-2H3. The van der Waals surface area contributed by atoms with Gasteiger partial charge in [0, 0.05) is 18.7 Å². The Morgan fingerprint density at radius 3 is 2.40 bits per heavy atom. The Kier molecular flexibility index (Phi) is 4.54. The molecule has 0 spiro atoms. The minimum Gasteiger partial charge on any atom is -0.363 e. The fraction of sp³-hybridized carbons (Fsp3) is 0.333. The van der Waals surface area contributed by atoms with Gasteiger partial charge >= 0.3 is 0 Å². The molecule has 3 heteroatoms. The predicted molar refractivity (Wildman–Crippen MR) is 62.2 cm³/mol. The molecule has 1 amide bonds. The van der Waals surface area contributed by atoms with E-state index in [1.165, 1.54) is 0 Å². The first kappa shape index (κ1) is 11.4. The van der Waals surface area contributed by atoms with Gasteiger partial charge in [-0.3, -0.25) is 4.79 Å². The third kappa shape index (κ3) is 3.54. The van der Waals surface area contributed by atoms with Gasteiger partial charge in [-0.25, -0.2) is 0 Å². The number of hydrogen-bond acceptors (Lipinski definition) is 1. The third-order valence-corrected chi connectivity index (χ3v) is 2.17. The van der Waals surface area contributed by atoms with E-state index < -0.39 is 0 Å². The molecule has 0 aromatic heterocycles. The van der Waals surface area contributed by atoms with Gasteiger partial charge < -0.3 is 4.90 Å². The number of hydrogen-bond donors (Lipinski definition) is 0. The van der Waals surface area contributed by atoms with E-state index in [2.05, 4.69) is 4.99 Å². The monoisotopic (exact) mass is 204 g/mol. The highest BCUT2D eigenvalue weighted by molar-refractivity contribution is 5.98. The quantitative estimate of drug-likeness (QED) is 0.556. The van der Waals surface area contributed by atoms with E-state index >= 15 is 0 Å². The Bertz CT molecular complexity index is 329. The van der Waals surface area contributed by atoms with E-state index in [9.17, 15) is 4.79 Å². The van der Waals surface area contributed by atoms with E-state index in [1.807, 2.05) is 36.9 Å². The summed E-state index contributed by atoms with van der Waals surface area (Å²) in [5.74, 6) is -0.192. The first-order chi connectivity index (χ1) is 7.27. The maximum absolute atomic E-state index is 11.6. The molecule has 0 radical (unpaired) electrons. The zero-order valence-corrected chi connectivity index (χ0v) is 9.18. The molecule has 1 rings (SSSR count). The second-order valence-electron chi connectivity index (χ2n) is 3.14. The van der Waals surface area contributed by atoms with Crippen molar-refractivity contribution in [3.8, 4) is 0 Å². The molecule has 3 nitrogen and oxygen atoms in total. The molecule has 1 aromatic carbocycles. The van der Waals surface area contributed by atoms with Crippen LogP contribution in [-0.4, -0.2) is 30.2 Å². The van der Waals surface area contributed by atoms with Gasteiger partial charge in [-0.05, 0) is 26.0 Å². The summed E-state index contributed by atoms with van der Waals surface area (Å²) in [4.78, 5) is 17.4. The van der Waals surface area contributed by atoms with Crippen molar-refractivity contribution in [1.29, 1.82) is 0 Å². The minimum absolute atomic E-state index is 0.192. The van der Waals surface area contributed by atoms with Gasteiger partial charge in [0.15, 0.2) is 0 Å². The van der Waals surface area contributed by atoms with Crippen LogP contribution in [-0.2, 0) is 0 Å². The maximum Gasteiger partial charge on any atom is 0.278 e. The minimum atomic E-state index is -0.192. The molecule has 0 bridgehead atoms. The zero-order chi connectivity index (χ0) is 11.1. The van der Waals surface area contributed by atoms with Crippen LogP contribution in [0.25, 0.3) is 0 Å². The van der Waals surface area contributed by atoms with Gasteiger partial charge in [0.1, 0.15) is 0 Å². The molecule has 0 aliphatic heterocycles. The maximum atomic E-state index is 11.6. The molecule has 0 N–H and O–H groups in total. The summed E-state index contributed by atoms with van der Waals surface area (Å²) in [6.07, 6.45) is 1.61. The van der Waals surface area contributed by atoms with Crippen molar-refractivity contribution in [1.82, 2.24) is 4.90 Å². The van der Waals surface area contributed by atoms with Crippen LogP contribution >= 0.6 is 0 Å². The van der Waals surface area contributed by atoms with Gasteiger partial charge in [-0.15, -0.1) is 0 Å². The van der Waals surface area contributed by atoms with Crippen LogP contribution < -0.4 is 0 Å².